The molecule has 1 N–H and O–H groups in total. The quantitative estimate of drug-likeness (QED) is 0.683. The summed E-state index contributed by atoms with van der Waals surface area (Å²) in [6.07, 6.45) is 0. The van der Waals surface area contributed by atoms with Crippen LogP contribution in [0.1, 0.15) is 11.5 Å². The average molecular weight is 278 g/mol. The van der Waals surface area contributed by atoms with Crippen molar-refractivity contribution >= 4 is 23.0 Å². The van der Waals surface area contributed by atoms with Gasteiger partial charge < -0.3 is 9.73 Å². The Morgan fingerprint density at radius 1 is 1.42 bits per heavy atom. The molecule has 0 saturated heterocycles. The zero-order chi connectivity index (χ0) is 13.8. The molecule has 1 aromatic carbocycles. The summed E-state index contributed by atoms with van der Waals surface area (Å²) in [4.78, 5) is 10.4. The standard InChI is InChI=1S/C12H8ClN3O3/c13-8-1-4-11(12(5-8)16(17)18)15-7-10-3-2-9(6-14)19-10/h1-5,15H,7H2. The Kier molecular flexibility index (Phi) is 3.68. The molecule has 2 aromatic rings. The highest BCUT2D eigenvalue weighted by molar-refractivity contribution is 6.30. The van der Waals surface area contributed by atoms with E-state index in [1.165, 1.54) is 18.2 Å². The van der Waals surface area contributed by atoms with Gasteiger partial charge in [0.15, 0.2) is 0 Å². The highest BCUT2D eigenvalue weighted by Crippen LogP contribution is 2.28. The van der Waals surface area contributed by atoms with E-state index < -0.39 is 4.92 Å². The number of benzene rings is 1. The molecule has 1 heterocycles. The van der Waals surface area contributed by atoms with E-state index in [1.807, 2.05) is 6.07 Å². The number of nitro groups is 1. The summed E-state index contributed by atoms with van der Waals surface area (Å²) in [6, 6.07) is 9.38. The molecule has 7 heteroatoms. The molecular formula is C12H8ClN3O3. The lowest BCUT2D eigenvalue weighted by Gasteiger charge is -2.05. The van der Waals surface area contributed by atoms with Gasteiger partial charge in [0.2, 0.25) is 5.76 Å². The molecule has 0 aliphatic carbocycles. The first kappa shape index (κ1) is 12.9. The monoisotopic (exact) mass is 277 g/mol. The number of hydrogen-bond donors (Lipinski definition) is 1. The van der Waals surface area contributed by atoms with Crippen LogP contribution in [0.4, 0.5) is 11.4 Å². The number of rotatable bonds is 4. The number of nitrogens with one attached hydrogen (secondary N) is 1. The molecular weight excluding hydrogens is 270 g/mol. The third-order valence-electron chi connectivity index (χ3n) is 2.38. The zero-order valence-corrected chi connectivity index (χ0v) is 10.3. The van der Waals surface area contributed by atoms with Gasteiger partial charge in [0, 0.05) is 11.1 Å². The van der Waals surface area contributed by atoms with Crippen LogP contribution in [0.3, 0.4) is 0 Å². The van der Waals surface area contributed by atoms with Crippen LogP contribution >= 0.6 is 11.6 Å². The SMILES string of the molecule is N#Cc1ccc(CNc2ccc(Cl)cc2[N+](=O)[O-])o1. The van der Waals surface area contributed by atoms with Crippen molar-refractivity contribution in [3.8, 4) is 6.07 Å². The summed E-state index contributed by atoms with van der Waals surface area (Å²) >= 11 is 5.71. The summed E-state index contributed by atoms with van der Waals surface area (Å²) in [6.45, 7) is 0.240. The van der Waals surface area contributed by atoms with Crippen LogP contribution in [0.5, 0.6) is 0 Å². The molecule has 0 atom stereocenters. The summed E-state index contributed by atoms with van der Waals surface area (Å²) in [5.74, 6) is 0.711. The van der Waals surface area contributed by atoms with Gasteiger partial charge in [0.05, 0.1) is 11.5 Å². The highest BCUT2D eigenvalue weighted by atomic mass is 35.5. The predicted molar refractivity (Wildman–Crippen MR) is 68.9 cm³/mol. The fourth-order valence-corrected chi connectivity index (χ4v) is 1.69. The second kappa shape index (κ2) is 5.42. The van der Waals surface area contributed by atoms with E-state index in [1.54, 1.807) is 12.1 Å². The molecule has 1 aromatic heterocycles. The number of halogens is 1. The minimum atomic E-state index is -0.517. The van der Waals surface area contributed by atoms with Crippen molar-refractivity contribution in [2.75, 3.05) is 5.32 Å². The van der Waals surface area contributed by atoms with E-state index in [0.717, 1.165) is 0 Å². The Hall–Kier alpha value is -2.52. The van der Waals surface area contributed by atoms with Gasteiger partial charge in [-0.15, -0.1) is 0 Å². The molecule has 0 unspecified atom stereocenters. The fourth-order valence-electron chi connectivity index (χ4n) is 1.52. The Balaban J connectivity index is 2.15. The molecule has 0 bridgehead atoms. The first-order chi connectivity index (χ1) is 9.10. The van der Waals surface area contributed by atoms with Gasteiger partial charge in [-0.2, -0.15) is 5.26 Å². The van der Waals surface area contributed by atoms with Gasteiger partial charge in [-0.1, -0.05) is 11.6 Å². The van der Waals surface area contributed by atoms with E-state index in [0.29, 0.717) is 16.5 Å². The summed E-state index contributed by atoms with van der Waals surface area (Å²) in [5, 5.41) is 22.7. The Labute approximate surface area is 113 Å². The van der Waals surface area contributed by atoms with Gasteiger partial charge in [-0.05, 0) is 24.3 Å². The van der Waals surface area contributed by atoms with Crippen molar-refractivity contribution in [1.82, 2.24) is 0 Å². The molecule has 2 rings (SSSR count). The lowest BCUT2D eigenvalue weighted by molar-refractivity contribution is -0.383. The molecule has 0 fully saturated rings. The van der Waals surface area contributed by atoms with Crippen molar-refractivity contribution in [3.63, 3.8) is 0 Å². The molecule has 0 aliphatic rings. The van der Waals surface area contributed by atoms with Crippen LogP contribution in [0.15, 0.2) is 34.7 Å². The van der Waals surface area contributed by atoms with E-state index in [-0.39, 0.29) is 18.0 Å². The van der Waals surface area contributed by atoms with Crippen LogP contribution < -0.4 is 5.32 Å². The molecule has 0 radical (unpaired) electrons. The first-order valence-electron chi connectivity index (χ1n) is 5.27. The number of nitriles is 1. The minimum absolute atomic E-state index is 0.112. The number of anilines is 1. The maximum Gasteiger partial charge on any atom is 0.293 e. The molecule has 0 saturated carbocycles. The van der Waals surface area contributed by atoms with E-state index in [9.17, 15) is 10.1 Å². The largest absolute Gasteiger partial charge is 0.449 e. The van der Waals surface area contributed by atoms with Gasteiger partial charge in [0.1, 0.15) is 17.5 Å². The minimum Gasteiger partial charge on any atom is -0.449 e. The highest BCUT2D eigenvalue weighted by Gasteiger charge is 2.14. The van der Waals surface area contributed by atoms with E-state index >= 15 is 0 Å². The molecule has 19 heavy (non-hydrogen) atoms. The Morgan fingerprint density at radius 3 is 2.84 bits per heavy atom. The summed E-state index contributed by atoms with van der Waals surface area (Å²) in [5.41, 5.74) is 0.226. The maximum absolute atomic E-state index is 10.9. The number of hydrogen-bond acceptors (Lipinski definition) is 5. The first-order valence-corrected chi connectivity index (χ1v) is 5.64. The Morgan fingerprint density at radius 2 is 2.21 bits per heavy atom. The van der Waals surface area contributed by atoms with Crippen LogP contribution in [-0.4, -0.2) is 4.92 Å². The third kappa shape index (κ3) is 3.03. The van der Waals surface area contributed by atoms with Gasteiger partial charge >= 0.3 is 0 Å². The lowest BCUT2D eigenvalue weighted by atomic mass is 10.2. The van der Waals surface area contributed by atoms with Crippen LogP contribution in [0, 0.1) is 21.4 Å². The van der Waals surface area contributed by atoms with Crippen molar-refractivity contribution in [2.45, 2.75) is 6.54 Å². The molecule has 96 valence electrons. The topological polar surface area (TPSA) is 92.1 Å². The molecule has 0 amide bonds. The average Bonchev–Trinajstić information content (AvgIpc) is 2.85. The van der Waals surface area contributed by atoms with Crippen molar-refractivity contribution in [2.24, 2.45) is 0 Å². The summed E-state index contributed by atoms with van der Waals surface area (Å²) in [7, 11) is 0. The lowest BCUT2D eigenvalue weighted by Crippen LogP contribution is -2.01. The van der Waals surface area contributed by atoms with E-state index in [2.05, 4.69) is 5.32 Å². The smallest absolute Gasteiger partial charge is 0.293 e. The predicted octanol–water partition coefficient (Wildman–Crippen LogP) is 3.32. The second-order valence-electron chi connectivity index (χ2n) is 3.65. The second-order valence-corrected chi connectivity index (χ2v) is 4.09. The van der Waals surface area contributed by atoms with E-state index in [4.69, 9.17) is 21.3 Å². The van der Waals surface area contributed by atoms with Crippen LogP contribution in [0.25, 0.3) is 0 Å². The number of furan rings is 1. The van der Waals surface area contributed by atoms with Gasteiger partial charge in [-0.3, -0.25) is 10.1 Å². The maximum atomic E-state index is 10.9. The molecule has 0 aliphatic heterocycles. The molecule has 0 spiro atoms. The number of nitrogens with zero attached hydrogens (tertiary/aromatic N) is 2. The van der Waals surface area contributed by atoms with Crippen molar-refractivity contribution in [1.29, 1.82) is 5.26 Å². The fraction of sp³-hybridized carbons (Fsp3) is 0.0833. The van der Waals surface area contributed by atoms with Gasteiger partial charge in [-0.25, -0.2) is 0 Å². The molecule has 6 nitrogen and oxygen atoms in total. The Bertz CT molecular complexity index is 660. The normalized spacial score (nSPS) is 9.89. The third-order valence-corrected chi connectivity index (χ3v) is 2.62. The van der Waals surface area contributed by atoms with Crippen molar-refractivity contribution < 1.29 is 9.34 Å². The van der Waals surface area contributed by atoms with Crippen LogP contribution in [-0.2, 0) is 6.54 Å². The summed E-state index contributed by atoms with van der Waals surface area (Å²) < 4.78 is 5.16. The van der Waals surface area contributed by atoms with Gasteiger partial charge in [0.25, 0.3) is 5.69 Å². The van der Waals surface area contributed by atoms with Crippen LogP contribution in [0.2, 0.25) is 5.02 Å². The number of nitro benzene ring substituents is 1. The zero-order valence-electron chi connectivity index (χ0n) is 9.59. The van der Waals surface area contributed by atoms with Crippen molar-refractivity contribution in [3.05, 3.63) is 57.0 Å².